The minimum absolute atomic E-state index is 0.197. The first-order valence-corrected chi connectivity index (χ1v) is 11.7. The molecule has 31 heavy (non-hydrogen) atoms. The van der Waals surface area contributed by atoms with Crippen LogP contribution in [0.4, 0.5) is 0 Å². The number of carbonyl (C=O) groups is 1. The van der Waals surface area contributed by atoms with Gasteiger partial charge in [0.25, 0.3) is 0 Å². The Bertz CT molecular complexity index is 1020. The van der Waals surface area contributed by atoms with Crippen LogP contribution in [-0.4, -0.2) is 24.3 Å². The topological polar surface area (TPSA) is 65.0 Å². The lowest BCUT2D eigenvalue weighted by atomic mass is 9.50. The lowest BCUT2D eigenvalue weighted by Crippen LogP contribution is -2.59. The van der Waals surface area contributed by atoms with Crippen LogP contribution in [0.15, 0.2) is 23.5 Å². The van der Waals surface area contributed by atoms with Gasteiger partial charge in [-0.3, -0.25) is 0 Å². The van der Waals surface area contributed by atoms with E-state index in [-0.39, 0.29) is 23.1 Å². The van der Waals surface area contributed by atoms with E-state index in [4.69, 9.17) is 14.2 Å². The molecule has 1 spiro atoms. The van der Waals surface area contributed by atoms with Gasteiger partial charge < -0.3 is 19.3 Å². The van der Waals surface area contributed by atoms with Crippen LogP contribution in [0.25, 0.3) is 0 Å². The zero-order chi connectivity index (χ0) is 22.0. The Balaban J connectivity index is 1.80. The van der Waals surface area contributed by atoms with Crippen molar-refractivity contribution in [3.63, 3.8) is 0 Å². The van der Waals surface area contributed by atoms with E-state index in [1.54, 1.807) is 13.0 Å². The summed E-state index contributed by atoms with van der Waals surface area (Å²) in [7, 11) is 0. The van der Waals surface area contributed by atoms with E-state index in [2.05, 4.69) is 0 Å². The molecule has 1 aromatic rings. The first-order valence-electron chi connectivity index (χ1n) is 11.7. The molecule has 166 valence electrons. The number of ether oxygens (including phenoxy) is 3. The molecule has 0 bridgehead atoms. The first-order chi connectivity index (χ1) is 15.0. The highest BCUT2D eigenvalue weighted by molar-refractivity contribution is 5.89. The highest BCUT2D eigenvalue weighted by Crippen LogP contribution is 2.76. The number of esters is 1. The fourth-order valence-electron chi connectivity index (χ4n) is 6.74. The van der Waals surface area contributed by atoms with Gasteiger partial charge in [-0.25, -0.2) is 4.79 Å². The average molecular weight is 425 g/mol. The summed E-state index contributed by atoms with van der Waals surface area (Å²) in [5.41, 5.74) is 3.71. The van der Waals surface area contributed by atoms with Crippen LogP contribution in [0.2, 0.25) is 0 Å². The molecule has 5 rings (SSSR count). The lowest BCUT2D eigenvalue weighted by molar-refractivity contribution is -0.164. The Morgan fingerprint density at radius 3 is 2.61 bits per heavy atom. The molecular weight excluding hydrogens is 392 g/mol. The quantitative estimate of drug-likeness (QED) is 0.516. The van der Waals surface area contributed by atoms with Crippen molar-refractivity contribution in [2.45, 2.75) is 77.2 Å². The van der Waals surface area contributed by atoms with E-state index in [1.165, 1.54) is 11.1 Å². The van der Waals surface area contributed by atoms with Gasteiger partial charge in [-0.05, 0) is 70.9 Å². The molecule has 5 heteroatoms. The van der Waals surface area contributed by atoms with E-state index in [9.17, 15) is 9.90 Å². The number of benzene rings is 1. The molecule has 1 saturated carbocycles. The molecule has 3 atom stereocenters. The largest absolute Gasteiger partial charge is 0.504 e. The third kappa shape index (κ3) is 2.35. The summed E-state index contributed by atoms with van der Waals surface area (Å²) >= 11 is 0. The van der Waals surface area contributed by atoms with Crippen molar-refractivity contribution in [2.24, 2.45) is 5.92 Å². The van der Waals surface area contributed by atoms with Crippen molar-refractivity contribution in [2.75, 3.05) is 13.2 Å². The molecule has 1 aromatic carbocycles. The number of aromatic hydroxyl groups is 1. The number of fused-ring (bicyclic) bond motifs is 4. The average Bonchev–Trinajstić information content (AvgIpc) is 3.45. The van der Waals surface area contributed by atoms with Crippen molar-refractivity contribution in [1.29, 1.82) is 0 Å². The van der Waals surface area contributed by atoms with Crippen LogP contribution in [0, 0.1) is 5.92 Å². The van der Waals surface area contributed by atoms with Crippen molar-refractivity contribution < 1.29 is 24.1 Å². The summed E-state index contributed by atoms with van der Waals surface area (Å²) in [6.45, 7) is 8.56. The van der Waals surface area contributed by atoms with Gasteiger partial charge in [0.15, 0.2) is 17.1 Å². The van der Waals surface area contributed by atoms with Crippen LogP contribution in [0.1, 0.15) is 75.6 Å². The predicted octanol–water partition coefficient (Wildman–Crippen LogP) is 4.97. The Labute approximate surface area is 184 Å². The molecule has 0 heterocycles. The van der Waals surface area contributed by atoms with Gasteiger partial charge in [0, 0.05) is 23.1 Å². The van der Waals surface area contributed by atoms with E-state index in [1.807, 2.05) is 26.8 Å². The minimum Gasteiger partial charge on any atom is -0.504 e. The maximum absolute atomic E-state index is 13.1. The Morgan fingerprint density at radius 1 is 1.16 bits per heavy atom. The molecular formula is C26H32O5. The lowest BCUT2D eigenvalue weighted by Gasteiger charge is -2.56. The fourth-order valence-corrected chi connectivity index (χ4v) is 6.74. The molecule has 1 fully saturated rings. The van der Waals surface area contributed by atoms with Crippen molar-refractivity contribution in [1.82, 2.24) is 0 Å². The highest BCUT2D eigenvalue weighted by Gasteiger charge is 2.76. The Hall–Kier alpha value is -2.43. The molecule has 5 nitrogen and oxygen atoms in total. The normalized spacial score (nSPS) is 30.0. The SMILES string of the molecule is C/C=C(\C)C(=O)O[C@@]12C=C(OCC)[C@H]3CCC[C@]31c1c3c(c(O)c(OCC)c12)CCC3. The van der Waals surface area contributed by atoms with Crippen LogP contribution in [-0.2, 0) is 38.1 Å². The molecule has 1 N–H and O–H groups in total. The summed E-state index contributed by atoms with van der Waals surface area (Å²) in [4.78, 5) is 13.1. The summed E-state index contributed by atoms with van der Waals surface area (Å²) < 4.78 is 18.6. The number of carbonyl (C=O) groups excluding carboxylic acids is 1. The third-order valence-corrected chi connectivity index (χ3v) is 7.93. The number of phenolic OH excluding ortho intramolecular Hbond substituents is 1. The molecule has 0 aliphatic heterocycles. The van der Waals surface area contributed by atoms with Crippen LogP contribution >= 0.6 is 0 Å². The van der Waals surface area contributed by atoms with E-state index >= 15 is 0 Å². The monoisotopic (exact) mass is 424 g/mol. The summed E-state index contributed by atoms with van der Waals surface area (Å²) in [5.74, 6) is 1.52. The maximum Gasteiger partial charge on any atom is 0.334 e. The second-order valence-corrected chi connectivity index (χ2v) is 9.16. The molecule has 0 amide bonds. The van der Waals surface area contributed by atoms with Gasteiger partial charge in [0.2, 0.25) is 0 Å². The number of phenols is 1. The maximum atomic E-state index is 13.1. The zero-order valence-electron chi connectivity index (χ0n) is 19.0. The summed E-state index contributed by atoms with van der Waals surface area (Å²) in [6.07, 6.45) is 9.70. The van der Waals surface area contributed by atoms with Gasteiger partial charge in [0.1, 0.15) is 5.76 Å². The second kappa shape index (κ2) is 7.04. The van der Waals surface area contributed by atoms with Gasteiger partial charge in [0.05, 0.1) is 24.2 Å². The van der Waals surface area contributed by atoms with Gasteiger partial charge in [-0.2, -0.15) is 0 Å². The van der Waals surface area contributed by atoms with Crippen molar-refractivity contribution in [3.8, 4) is 11.5 Å². The van der Waals surface area contributed by atoms with Gasteiger partial charge >= 0.3 is 5.97 Å². The smallest absolute Gasteiger partial charge is 0.334 e. The number of hydrogen-bond donors (Lipinski definition) is 1. The Morgan fingerprint density at radius 2 is 1.90 bits per heavy atom. The fraction of sp³-hybridized carbons (Fsp3) is 0.577. The highest BCUT2D eigenvalue weighted by atomic mass is 16.6. The number of allylic oxidation sites excluding steroid dienone is 2. The van der Waals surface area contributed by atoms with Crippen molar-refractivity contribution >= 4 is 5.97 Å². The predicted molar refractivity (Wildman–Crippen MR) is 117 cm³/mol. The van der Waals surface area contributed by atoms with Crippen LogP contribution in [0.3, 0.4) is 0 Å². The van der Waals surface area contributed by atoms with Crippen LogP contribution < -0.4 is 4.74 Å². The van der Waals surface area contributed by atoms with E-state index in [0.717, 1.165) is 55.4 Å². The first kappa shape index (κ1) is 20.5. The second-order valence-electron chi connectivity index (χ2n) is 9.16. The number of rotatable bonds is 6. The number of hydrogen-bond acceptors (Lipinski definition) is 5. The third-order valence-electron chi connectivity index (χ3n) is 7.93. The minimum atomic E-state index is -0.949. The van der Waals surface area contributed by atoms with E-state index < -0.39 is 5.60 Å². The molecule has 0 saturated heterocycles. The molecule has 0 radical (unpaired) electrons. The standard InChI is InChI=1S/C26H32O5/c1-5-15(4)24(28)31-26-14-19(29-6-2)18-12-9-13-25(18,26)20-16-10-8-11-17(16)22(27)23(21(20)26)30-7-3/h5,14,18,27H,6-13H2,1-4H3/b15-5+/t18-,25-,26-/m1/s1. The summed E-state index contributed by atoms with van der Waals surface area (Å²) in [5, 5.41) is 11.2. The molecule has 4 aliphatic rings. The van der Waals surface area contributed by atoms with Gasteiger partial charge in [-0.15, -0.1) is 0 Å². The van der Waals surface area contributed by atoms with Crippen molar-refractivity contribution in [3.05, 3.63) is 45.7 Å². The zero-order valence-corrected chi connectivity index (χ0v) is 19.0. The van der Waals surface area contributed by atoms with Gasteiger partial charge in [-0.1, -0.05) is 12.5 Å². The van der Waals surface area contributed by atoms with Crippen LogP contribution in [0.5, 0.6) is 11.5 Å². The molecule has 4 aliphatic carbocycles. The Kier molecular flexibility index (Phi) is 4.65. The van der Waals surface area contributed by atoms with E-state index in [0.29, 0.717) is 24.5 Å². The summed E-state index contributed by atoms with van der Waals surface area (Å²) in [6, 6.07) is 0. The molecule has 0 aromatic heterocycles. The molecule has 0 unspecified atom stereocenters.